The quantitative estimate of drug-likeness (QED) is 0.820. The Morgan fingerprint density at radius 3 is 2.07 bits per heavy atom. The van der Waals surface area contributed by atoms with Crippen molar-refractivity contribution >= 4 is 12.4 Å². The zero-order valence-corrected chi connectivity index (χ0v) is 10.5. The summed E-state index contributed by atoms with van der Waals surface area (Å²) in [7, 11) is 0. The molecule has 0 unspecified atom stereocenters. The summed E-state index contributed by atoms with van der Waals surface area (Å²) in [6.07, 6.45) is 1.13. The number of rotatable bonds is 2. The standard InChI is InChI=1S/C13H19N.ClH/c1-9(2)11-4-6-12(7-5-11)13(14)8-10(13)3;/h4-7,9-10H,8,14H2,1-3H3;1H/t10-,13+;/m0./s1. The van der Waals surface area contributed by atoms with Crippen molar-refractivity contribution in [2.45, 2.75) is 38.6 Å². The number of nitrogens with two attached hydrogens (primary N) is 1. The van der Waals surface area contributed by atoms with Crippen molar-refractivity contribution in [3.63, 3.8) is 0 Å². The van der Waals surface area contributed by atoms with Gasteiger partial charge >= 0.3 is 0 Å². The van der Waals surface area contributed by atoms with Crippen LogP contribution in [0.3, 0.4) is 0 Å². The van der Waals surface area contributed by atoms with Crippen molar-refractivity contribution in [3.8, 4) is 0 Å². The van der Waals surface area contributed by atoms with Crippen molar-refractivity contribution in [3.05, 3.63) is 35.4 Å². The molecule has 2 N–H and O–H groups in total. The van der Waals surface area contributed by atoms with Gasteiger partial charge in [-0.3, -0.25) is 0 Å². The second-order valence-electron chi connectivity index (χ2n) is 4.92. The summed E-state index contributed by atoms with van der Waals surface area (Å²) in [6.45, 7) is 6.65. The molecule has 0 aromatic heterocycles. The van der Waals surface area contributed by atoms with E-state index >= 15 is 0 Å². The molecule has 0 saturated heterocycles. The van der Waals surface area contributed by atoms with Crippen LogP contribution in [0.1, 0.15) is 44.2 Å². The molecule has 1 fully saturated rings. The predicted octanol–water partition coefficient (Wildman–Crippen LogP) is 3.43. The Hall–Kier alpha value is -0.530. The van der Waals surface area contributed by atoms with Gasteiger partial charge in [-0.1, -0.05) is 45.0 Å². The van der Waals surface area contributed by atoms with Gasteiger partial charge in [-0.05, 0) is 29.4 Å². The first-order valence-electron chi connectivity index (χ1n) is 5.43. The largest absolute Gasteiger partial charge is 0.321 e. The summed E-state index contributed by atoms with van der Waals surface area (Å²) in [4.78, 5) is 0. The Bertz CT molecular complexity index is 331. The van der Waals surface area contributed by atoms with Crippen molar-refractivity contribution in [1.29, 1.82) is 0 Å². The monoisotopic (exact) mass is 225 g/mol. The molecular weight excluding hydrogens is 206 g/mol. The van der Waals surface area contributed by atoms with E-state index in [1.807, 2.05) is 0 Å². The maximum Gasteiger partial charge on any atom is 0.0439 e. The molecule has 2 atom stereocenters. The lowest BCUT2D eigenvalue weighted by atomic mass is 9.97. The first-order valence-corrected chi connectivity index (χ1v) is 5.43. The zero-order valence-electron chi connectivity index (χ0n) is 9.66. The van der Waals surface area contributed by atoms with E-state index in [2.05, 4.69) is 45.0 Å². The van der Waals surface area contributed by atoms with Crippen LogP contribution in [-0.2, 0) is 5.54 Å². The van der Waals surface area contributed by atoms with E-state index < -0.39 is 0 Å². The molecule has 0 aliphatic heterocycles. The van der Waals surface area contributed by atoms with Gasteiger partial charge in [0.15, 0.2) is 0 Å². The van der Waals surface area contributed by atoms with Crippen LogP contribution in [0.25, 0.3) is 0 Å². The molecule has 2 rings (SSSR count). The van der Waals surface area contributed by atoms with Crippen LogP contribution >= 0.6 is 12.4 Å². The molecule has 1 aromatic rings. The molecule has 0 radical (unpaired) electrons. The third-order valence-electron chi connectivity index (χ3n) is 3.48. The fourth-order valence-corrected chi connectivity index (χ4v) is 2.03. The van der Waals surface area contributed by atoms with Crippen LogP contribution in [-0.4, -0.2) is 0 Å². The van der Waals surface area contributed by atoms with Crippen LogP contribution in [0.2, 0.25) is 0 Å². The minimum atomic E-state index is -0.0183. The summed E-state index contributed by atoms with van der Waals surface area (Å²) in [5.41, 5.74) is 8.91. The average Bonchev–Trinajstić information content (AvgIpc) is 2.76. The van der Waals surface area contributed by atoms with Gasteiger partial charge in [-0.15, -0.1) is 12.4 Å². The molecular formula is C13H20ClN. The number of hydrogen-bond acceptors (Lipinski definition) is 1. The third-order valence-corrected chi connectivity index (χ3v) is 3.48. The lowest BCUT2D eigenvalue weighted by Crippen LogP contribution is -2.21. The van der Waals surface area contributed by atoms with E-state index in [0.717, 1.165) is 6.42 Å². The van der Waals surface area contributed by atoms with E-state index in [1.54, 1.807) is 0 Å². The van der Waals surface area contributed by atoms with Crippen LogP contribution in [0, 0.1) is 5.92 Å². The van der Waals surface area contributed by atoms with Gasteiger partial charge < -0.3 is 5.73 Å². The summed E-state index contributed by atoms with van der Waals surface area (Å²) in [5, 5.41) is 0. The molecule has 0 amide bonds. The van der Waals surface area contributed by atoms with Gasteiger partial charge in [0.05, 0.1) is 0 Å². The fourth-order valence-electron chi connectivity index (χ4n) is 2.03. The average molecular weight is 226 g/mol. The SMILES string of the molecule is CC(C)c1ccc([C@@]2(N)C[C@@H]2C)cc1.Cl. The van der Waals surface area contributed by atoms with Gasteiger partial charge in [0, 0.05) is 5.54 Å². The van der Waals surface area contributed by atoms with E-state index in [4.69, 9.17) is 5.73 Å². The summed E-state index contributed by atoms with van der Waals surface area (Å²) < 4.78 is 0. The Balaban J connectivity index is 0.00000112. The van der Waals surface area contributed by atoms with Gasteiger partial charge in [0.1, 0.15) is 0 Å². The summed E-state index contributed by atoms with van der Waals surface area (Å²) in [5.74, 6) is 1.25. The van der Waals surface area contributed by atoms with Crippen molar-refractivity contribution in [1.82, 2.24) is 0 Å². The summed E-state index contributed by atoms with van der Waals surface area (Å²) in [6, 6.07) is 8.80. The highest BCUT2D eigenvalue weighted by molar-refractivity contribution is 5.85. The lowest BCUT2D eigenvalue weighted by Gasteiger charge is -2.12. The molecule has 1 nitrogen and oxygen atoms in total. The highest BCUT2D eigenvalue weighted by Gasteiger charge is 2.48. The maximum absolute atomic E-state index is 6.24. The molecule has 15 heavy (non-hydrogen) atoms. The minimum absolute atomic E-state index is 0. The molecule has 0 heterocycles. The predicted molar refractivity (Wildman–Crippen MR) is 67.4 cm³/mol. The Labute approximate surface area is 98.5 Å². The molecule has 0 bridgehead atoms. The van der Waals surface area contributed by atoms with Gasteiger partial charge in [0.2, 0.25) is 0 Å². The second-order valence-corrected chi connectivity index (χ2v) is 4.92. The molecule has 1 aliphatic carbocycles. The van der Waals surface area contributed by atoms with E-state index in [1.165, 1.54) is 11.1 Å². The normalized spacial score (nSPS) is 28.7. The fraction of sp³-hybridized carbons (Fsp3) is 0.538. The number of hydrogen-bond donors (Lipinski definition) is 1. The van der Waals surface area contributed by atoms with E-state index in [-0.39, 0.29) is 17.9 Å². The molecule has 0 spiro atoms. The smallest absolute Gasteiger partial charge is 0.0439 e. The Morgan fingerprint density at radius 1 is 1.27 bits per heavy atom. The van der Waals surface area contributed by atoms with Crippen LogP contribution < -0.4 is 5.73 Å². The van der Waals surface area contributed by atoms with Crippen LogP contribution in [0.5, 0.6) is 0 Å². The van der Waals surface area contributed by atoms with Crippen molar-refractivity contribution < 1.29 is 0 Å². The van der Waals surface area contributed by atoms with Crippen LogP contribution in [0.15, 0.2) is 24.3 Å². The first-order chi connectivity index (χ1) is 6.54. The summed E-state index contributed by atoms with van der Waals surface area (Å²) >= 11 is 0. The van der Waals surface area contributed by atoms with Gasteiger partial charge in [-0.25, -0.2) is 0 Å². The Kier molecular flexibility index (Phi) is 3.47. The van der Waals surface area contributed by atoms with E-state index in [9.17, 15) is 0 Å². The molecule has 1 aromatic carbocycles. The molecule has 84 valence electrons. The van der Waals surface area contributed by atoms with Gasteiger partial charge in [-0.2, -0.15) is 0 Å². The number of halogens is 1. The third kappa shape index (κ3) is 2.19. The topological polar surface area (TPSA) is 26.0 Å². The molecule has 1 saturated carbocycles. The Morgan fingerprint density at radius 2 is 1.73 bits per heavy atom. The van der Waals surface area contributed by atoms with E-state index in [0.29, 0.717) is 11.8 Å². The highest BCUT2D eigenvalue weighted by atomic mass is 35.5. The minimum Gasteiger partial charge on any atom is -0.321 e. The molecule has 2 heteroatoms. The van der Waals surface area contributed by atoms with Crippen molar-refractivity contribution in [2.24, 2.45) is 11.7 Å². The first kappa shape index (κ1) is 12.5. The zero-order chi connectivity index (χ0) is 10.3. The van der Waals surface area contributed by atoms with Crippen LogP contribution in [0.4, 0.5) is 0 Å². The highest BCUT2D eigenvalue weighted by Crippen LogP contribution is 2.49. The second kappa shape index (κ2) is 4.15. The number of benzene rings is 1. The molecule has 1 aliphatic rings. The van der Waals surface area contributed by atoms with Gasteiger partial charge in [0.25, 0.3) is 0 Å². The maximum atomic E-state index is 6.24. The lowest BCUT2D eigenvalue weighted by molar-refractivity contribution is 0.664. The van der Waals surface area contributed by atoms with Crippen molar-refractivity contribution in [2.75, 3.05) is 0 Å².